The molecule has 0 bridgehead atoms. The van der Waals surface area contributed by atoms with E-state index >= 15 is 0 Å². The van der Waals surface area contributed by atoms with E-state index in [4.69, 9.17) is 9.47 Å². The number of aromatic amines is 1. The van der Waals surface area contributed by atoms with E-state index in [-0.39, 0.29) is 26.1 Å². The average Bonchev–Trinajstić information content (AvgIpc) is 3.01. The summed E-state index contributed by atoms with van der Waals surface area (Å²) >= 11 is 0. The van der Waals surface area contributed by atoms with Crippen LogP contribution in [0.4, 0.5) is 5.82 Å². The van der Waals surface area contributed by atoms with Gasteiger partial charge in [-0.05, 0) is 25.2 Å². The molecule has 24 heavy (non-hydrogen) atoms. The lowest BCUT2D eigenvalue weighted by Gasteiger charge is -2.16. The fourth-order valence-corrected chi connectivity index (χ4v) is 1.81. The maximum absolute atomic E-state index is 12.1. The van der Waals surface area contributed by atoms with Crippen LogP contribution in [0.2, 0.25) is 0 Å². The van der Waals surface area contributed by atoms with Crippen LogP contribution in [0.25, 0.3) is 0 Å². The maximum atomic E-state index is 12.1. The van der Waals surface area contributed by atoms with Crippen molar-refractivity contribution in [1.82, 2.24) is 15.3 Å². The number of imidazole rings is 1. The van der Waals surface area contributed by atoms with Crippen LogP contribution in [0.5, 0.6) is 0 Å². The molecular weight excluding hydrogens is 324 g/mol. The Morgan fingerprint density at radius 1 is 1.33 bits per heavy atom. The number of H-pyrrole nitrogens is 1. The number of amides is 1. The van der Waals surface area contributed by atoms with Crippen LogP contribution >= 0.6 is 0 Å². The normalized spacial score (nSPS) is 11.4. The van der Waals surface area contributed by atoms with Gasteiger partial charge in [-0.25, -0.2) is 14.8 Å². The van der Waals surface area contributed by atoms with Gasteiger partial charge in [0.2, 0.25) is 5.69 Å². The Labute approximate surface area is 136 Å². The molecule has 1 rings (SSSR count). The van der Waals surface area contributed by atoms with Gasteiger partial charge in [0.15, 0.2) is 6.33 Å². The maximum Gasteiger partial charge on any atom is 0.353 e. The molecule has 1 aromatic heterocycles. The second kappa shape index (κ2) is 9.22. The predicted molar refractivity (Wildman–Crippen MR) is 79.0 cm³/mol. The van der Waals surface area contributed by atoms with Gasteiger partial charge in [0.05, 0.1) is 13.2 Å². The Hall–Kier alpha value is -2.98. The average molecular weight is 342 g/mol. The minimum absolute atomic E-state index is 0.0678. The number of rotatable bonds is 9. The number of nitrogens with zero attached hydrogens (tertiary/aromatic N) is 2. The molecule has 0 aliphatic carbocycles. The molecule has 11 nitrogen and oxygen atoms in total. The molecule has 11 heteroatoms. The molecule has 0 saturated carbocycles. The van der Waals surface area contributed by atoms with Crippen molar-refractivity contribution in [3.05, 3.63) is 22.1 Å². The summed E-state index contributed by atoms with van der Waals surface area (Å²) in [7, 11) is 0. The molecule has 1 heterocycles. The molecule has 0 aliphatic rings. The topological polar surface area (TPSA) is 154 Å². The van der Waals surface area contributed by atoms with Gasteiger partial charge >= 0.3 is 17.8 Å². The van der Waals surface area contributed by atoms with Crippen LogP contribution < -0.4 is 5.32 Å². The number of hydrogen-bond acceptors (Lipinski definition) is 8. The first-order chi connectivity index (χ1) is 11.4. The van der Waals surface area contributed by atoms with Crippen LogP contribution in [0.3, 0.4) is 0 Å². The number of carbonyl (C=O) groups is 3. The lowest BCUT2D eigenvalue weighted by atomic mass is 10.1. The van der Waals surface area contributed by atoms with E-state index < -0.39 is 40.3 Å². The first-order valence-corrected chi connectivity index (χ1v) is 7.21. The molecule has 1 atom stereocenters. The van der Waals surface area contributed by atoms with Crippen molar-refractivity contribution in [2.75, 3.05) is 13.2 Å². The van der Waals surface area contributed by atoms with Crippen molar-refractivity contribution in [3.8, 4) is 0 Å². The second-order valence-electron chi connectivity index (χ2n) is 4.48. The number of aromatic nitrogens is 2. The summed E-state index contributed by atoms with van der Waals surface area (Å²) in [5.74, 6) is -2.81. The van der Waals surface area contributed by atoms with Crippen molar-refractivity contribution in [2.45, 2.75) is 32.7 Å². The number of ether oxygens (including phenoxy) is 2. The minimum Gasteiger partial charge on any atom is -0.466 e. The molecule has 2 N–H and O–H groups in total. The smallest absolute Gasteiger partial charge is 0.353 e. The summed E-state index contributed by atoms with van der Waals surface area (Å²) in [4.78, 5) is 51.2. The third kappa shape index (κ3) is 5.34. The van der Waals surface area contributed by atoms with Gasteiger partial charge in [-0.15, -0.1) is 0 Å². The third-order valence-electron chi connectivity index (χ3n) is 2.84. The summed E-state index contributed by atoms with van der Waals surface area (Å²) in [6.45, 7) is 3.49. The van der Waals surface area contributed by atoms with E-state index in [2.05, 4.69) is 15.3 Å². The molecule has 0 saturated heterocycles. The van der Waals surface area contributed by atoms with Crippen LogP contribution in [0.15, 0.2) is 6.33 Å². The summed E-state index contributed by atoms with van der Waals surface area (Å²) in [6.07, 6.45) is 0.799. The van der Waals surface area contributed by atoms with E-state index in [1.807, 2.05) is 0 Å². The highest BCUT2D eigenvalue weighted by molar-refractivity contribution is 5.97. The first-order valence-electron chi connectivity index (χ1n) is 7.21. The van der Waals surface area contributed by atoms with Crippen molar-refractivity contribution in [2.24, 2.45) is 0 Å². The van der Waals surface area contributed by atoms with Crippen LogP contribution in [0.1, 0.15) is 37.2 Å². The van der Waals surface area contributed by atoms with Gasteiger partial charge in [0, 0.05) is 6.42 Å². The highest BCUT2D eigenvalue weighted by Gasteiger charge is 2.28. The standard InChI is InChI=1S/C13H18N4O7/c1-3-23-9(18)6-5-8(13(20)24-4-2)16-12(19)10-11(17(21)22)15-7-14-10/h7-8H,3-6H2,1-2H3,(H,14,15)(H,16,19)/t8-/m0/s1. The lowest BCUT2D eigenvalue weighted by molar-refractivity contribution is -0.389. The number of nitro groups is 1. The van der Waals surface area contributed by atoms with E-state index in [0.717, 1.165) is 6.33 Å². The van der Waals surface area contributed by atoms with E-state index in [1.165, 1.54) is 0 Å². The second-order valence-corrected chi connectivity index (χ2v) is 4.48. The van der Waals surface area contributed by atoms with Gasteiger partial charge in [-0.1, -0.05) is 0 Å². The van der Waals surface area contributed by atoms with Crippen molar-refractivity contribution < 1.29 is 28.8 Å². The molecule has 0 radical (unpaired) electrons. The van der Waals surface area contributed by atoms with Crippen LogP contribution in [-0.4, -0.2) is 52.0 Å². The number of carbonyl (C=O) groups excluding carboxylic acids is 3. The zero-order valence-corrected chi connectivity index (χ0v) is 13.2. The number of esters is 2. The molecule has 0 spiro atoms. The van der Waals surface area contributed by atoms with Gasteiger partial charge in [-0.2, -0.15) is 0 Å². The molecule has 0 aromatic carbocycles. The molecule has 0 unspecified atom stereocenters. The Kier molecular flexibility index (Phi) is 7.33. The van der Waals surface area contributed by atoms with E-state index in [9.17, 15) is 24.5 Å². The Bertz CT molecular complexity index is 613. The summed E-state index contributed by atoms with van der Waals surface area (Å²) in [5.41, 5.74) is -0.467. The van der Waals surface area contributed by atoms with E-state index in [0.29, 0.717) is 0 Å². The van der Waals surface area contributed by atoms with Gasteiger partial charge in [0.25, 0.3) is 5.91 Å². The van der Waals surface area contributed by atoms with Crippen molar-refractivity contribution >= 4 is 23.7 Å². The zero-order valence-electron chi connectivity index (χ0n) is 13.2. The largest absolute Gasteiger partial charge is 0.466 e. The summed E-state index contributed by atoms with van der Waals surface area (Å²) < 4.78 is 9.57. The molecule has 132 valence electrons. The van der Waals surface area contributed by atoms with Crippen molar-refractivity contribution in [3.63, 3.8) is 0 Å². The van der Waals surface area contributed by atoms with Gasteiger partial charge in [0.1, 0.15) is 6.04 Å². The lowest BCUT2D eigenvalue weighted by Crippen LogP contribution is -2.42. The van der Waals surface area contributed by atoms with Crippen LogP contribution in [-0.2, 0) is 19.1 Å². The first kappa shape index (κ1) is 19.1. The summed E-state index contributed by atoms with van der Waals surface area (Å²) in [5, 5.41) is 13.1. The molecule has 0 aliphatic heterocycles. The predicted octanol–water partition coefficient (Wildman–Crippen LogP) is 0.323. The zero-order chi connectivity index (χ0) is 18.1. The fourth-order valence-electron chi connectivity index (χ4n) is 1.81. The molecule has 1 amide bonds. The minimum atomic E-state index is -1.15. The summed E-state index contributed by atoms with van der Waals surface area (Å²) in [6, 6.07) is -1.15. The molecular formula is C13H18N4O7. The molecule has 1 aromatic rings. The SMILES string of the molecule is CCOC(=O)CC[C@H](NC(=O)c1nc[nH]c1[N+](=O)[O-])C(=O)OCC. The number of nitrogens with one attached hydrogen (secondary N) is 2. The highest BCUT2D eigenvalue weighted by Crippen LogP contribution is 2.13. The Balaban J connectivity index is 2.81. The van der Waals surface area contributed by atoms with Gasteiger partial charge < -0.3 is 24.9 Å². The number of hydrogen-bond donors (Lipinski definition) is 2. The van der Waals surface area contributed by atoms with Gasteiger partial charge in [-0.3, -0.25) is 9.59 Å². The molecule has 0 fully saturated rings. The monoisotopic (exact) mass is 342 g/mol. The Morgan fingerprint density at radius 3 is 2.58 bits per heavy atom. The highest BCUT2D eigenvalue weighted by atomic mass is 16.6. The van der Waals surface area contributed by atoms with Crippen LogP contribution in [0, 0.1) is 10.1 Å². The Morgan fingerprint density at radius 2 is 2.00 bits per heavy atom. The van der Waals surface area contributed by atoms with Crippen molar-refractivity contribution in [1.29, 1.82) is 0 Å². The van der Waals surface area contributed by atoms with E-state index in [1.54, 1.807) is 13.8 Å². The quantitative estimate of drug-likeness (QED) is 0.369. The fraction of sp³-hybridized carbons (Fsp3) is 0.538. The third-order valence-corrected chi connectivity index (χ3v) is 2.84.